The Morgan fingerprint density at radius 2 is 0.625 bits per heavy atom. The van der Waals surface area contributed by atoms with Gasteiger partial charge in [-0.3, -0.25) is 0 Å². The standard InChI is InChI=1S/C26H46O6/c1-5-9-13-17-29-23-21(27)25(31-19-15-11-7-3)26(32-20-16-12-8-4)22(28)24(23)30-18-14-10-6-2/h27-28H,5-20H2,1-4H3. The van der Waals surface area contributed by atoms with Crippen molar-refractivity contribution in [1.82, 2.24) is 0 Å². The maximum atomic E-state index is 11.1. The van der Waals surface area contributed by atoms with Crippen molar-refractivity contribution in [3.05, 3.63) is 0 Å². The first-order chi connectivity index (χ1) is 15.6. The van der Waals surface area contributed by atoms with Gasteiger partial charge in [-0.1, -0.05) is 79.1 Å². The quantitative estimate of drug-likeness (QED) is 0.158. The van der Waals surface area contributed by atoms with Gasteiger partial charge in [-0.15, -0.1) is 0 Å². The average molecular weight is 455 g/mol. The number of phenolic OH excluding ortho intramolecular Hbond substituents is 2. The molecule has 0 bridgehead atoms. The van der Waals surface area contributed by atoms with E-state index in [0.29, 0.717) is 26.4 Å². The lowest BCUT2D eigenvalue weighted by Gasteiger charge is -2.21. The molecule has 0 unspecified atom stereocenters. The van der Waals surface area contributed by atoms with Crippen LogP contribution in [0.4, 0.5) is 0 Å². The maximum absolute atomic E-state index is 11.1. The van der Waals surface area contributed by atoms with Gasteiger partial charge in [0.15, 0.2) is 0 Å². The van der Waals surface area contributed by atoms with Crippen molar-refractivity contribution in [2.45, 2.75) is 105 Å². The van der Waals surface area contributed by atoms with Crippen LogP contribution in [0.1, 0.15) is 105 Å². The first kappa shape index (κ1) is 28.1. The number of hydrogen-bond acceptors (Lipinski definition) is 6. The summed E-state index contributed by atoms with van der Waals surface area (Å²) in [6.07, 6.45) is 11.8. The van der Waals surface area contributed by atoms with E-state index in [2.05, 4.69) is 27.7 Å². The van der Waals surface area contributed by atoms with Gasteiger partial charge < -0.3 is 29.2 Å². The second kappa shape index (κ2) is 17.6. The zero-order valence-corrected chi connectivity index (χ0v) is 20.8. The van der Waals surface area contributed by atoms with Crippen LogP contribution in [0.25, 0.3) is 0 Å². The third-order valence-electron chi connectivity index (χ3n) is 5.25. The minimum absolute atomic E-state index is 0.140. The van der Waals surface area contributed by atoms with Gasteiger partial charge in [-0.2, -0.15) is 0 Å². The van der Waals surface area contributed by atoms with Crippen LogP contribution in [-0.4, -0.2) is 36.6 Å². The Morgan fingerprint density at radius 3 is 0.812 bits per heavy atom. The van der Waals surface area contributed by atoms with E-state index in [0.717, 1.165) is 77.0 Å². The Kier molecular flexibility index (Phi) is 15.4. The van der Waals surface area contributed by atoms with Crippen LogP contribution in [0, 0.1) is 0 Å². The zero-order chi connectivity index (χ0) is 23.6. The number of aromatic hydroxyl groups is 2. The second-order valence-corrected chi connectivity index (χ2v) is 8.24. The predicted molar refractivity (Wildman–Crippen MR) is 130 cm³/mol. The molecule has 0 fully saturated rings. The summed E-state index contributed by atoms with van der Waals surface area (Å²) >= 11 is 0. The monoisotopic (exact) mass is 454 g/mol. The van der Waals surface area contributed by atoms with Crippen LogP contribution in [-0.2, 0) is 0 Å². The number of ether oxygens (including phenoxy) is 4. The summed E-state index contributed by atoms with van der Waals surface area (Å²) in [5.41, 5.74) is 0. The molecule has 0 aromatic heterocycles. The summed E-state index contributed by atoms with van der Waals surface area (Å²) in [7, 11) is 0. The van der Waals surface area contributed by atoms with Crippen molar-refractivity contribution >= 4 is 0 Å². The van der Waals surface area contributed by atoms with E-state index in [9.17, 15) is 10.2 Å². The van der Waals surface area contributed by atoms with E-state index < -0.39 is 0 Å². The number of hydrogen-bond donors (Lipinski definition) is 2. The Bertz CT molecular complexity index is 515. The number of rotatable bonds is 20. The molecule has 0 spiro atoms. The summed E-state index contributed by atoms with van der Waals surface area (Å²) in [5, 5.41) is 22.1. The van der Waals surface area contributed by atoms with Crippen molar-refractivity contribution in [1.29, 1.82) is 0 Å². The van der Waals surface area contributed by atoms with Gasteiger partial charge in [0.2, 0.25) is 34.5 Å². The summed E-state index contributed by atoms with van der Waals surface area (Å²) in [4.78, 5) is 0. The van der Waals surface area contributed by atoms with Crippen LogP contribution in [0.5, 0.6) is 34.5 Å². The minimum atomic E-state index is -0.160. The molecule has 32 heavy (non-hydrogen) atoms. The normalized spacial score (nSPS) is 10.9. The fourth-order valence-corrected chi connectivity index (χ4v) is 3.28. The molecular formula is C26H46O6. The summed E-state index contributed by atoms with van der Waals surface area (Å²) in [6.45, 7) is 10.2. The van der Waals surface area contributed by atoms with Crippen molar-refractivity contribution in [2.75, 3.05) is 26.4 Å². The van der Waals surface area contributed by atoms with Gasteiger partial charge in [0.05, 0.1) is 26.4 Å². The maximum Gasteiger partial charge on any atom is 0.211 e. The number of benzene rings is 1. The molecule has 6 nitrogen and oxygen atoms in total. The van der Waals surface area contributed by atoms with Gasteiger partial charge in [0.25, 0.3) is 0 Å². The smallest absolute Gasteiger partial charge is 0.211 e. The van der Waals surface area contributed by atoms with E-state index in [-0.39, 0.29) is 34.5 Å². The highest BCUT2D eigenvalue weighted by molar-refractivity contribution is 5.72. The average Bonchev–Trinajstić information content (AvgIpc) is 2.79. The molecule has 186 valence electrons. The van der Waals surface area contributed by atoms with E-state index in [1.54, 1.807) is 0 Å². The highest BCUT2D eigenvalue weighted by Gasteiger charge is 2.29. The third-order valence-corrected chi connectivity index (χ3v) is 5.25. The first-order valence-electron chi connectivity index (χ1n) is 12.7. The van der Waals surface area contributed by atoms with Crippen molar-refractivity contribution < 1.29 is 29.2 Å². The molecular weight excluding hydrogens is 408 g/mol. The van der Waals surface area contributed by atoms with Gasteiger partial charge >= 0.3 is 0 Å². The van der Waals surface area contributed by atoms with E-state index in [4.69, 9.17) is 18.9 Å². The van der Waals surface area contributed by atoms with Crippen molar-refractivity contribution in [2.24, 2.45) is 0 Å². The molecule has 1 rings (SSSR count). The third kappa shape index (κ3) is 9.66. The molecule has 0 heterocycles. The molecule has 0 saturated carbocycles. The summed E-state index contributed by atoms with van der Waals surface area (Å²) in [5.74, 6) is 0.240. The molecule has 2 N–H and O–H groups in total. The molecule has 0 aliphatic carbocycles. The topological polar surface area (TPSA) is 77.4 Å². The lowest BCUT2D eigenvalue weighted by Crippen LogP contribution is -2.08. The van der Waals surface area contributed by atoms with Crippen molar-refractivity contribution in [3.63, 3.8) is 0 Å². The van der Waals surface area contributed by atoms with Crippen LogP contribution in [0.3, 0.4) is 0 Å². The van der Waals surface area contributed by atoms with Crippen LogP contribution in [0.2, 0.25) is 0 Å². The molecule has 1 aromatic carbocycles. The number of unbranched alkanes of at least 4 members (excludes halogenated alkanes) is 8. The molecule has 0 aliphatic rings. The number of phenols is 2. The molecule has 0 atom stereocenters. The summed E-state index contributed by atoms with van der Waals surface area (Å²) in [6, 6.07) is 0. The van der Waals surface area contributed by atoms with E-state index in [1.165, 1.54) is 0 Å². The Hall–Kier alpha value is -1.98. The fraction of sp³-hybridized carbons (Fsp3) is 0.769. The molecule has 0 amide bonds. The van der Waals surface area contributed by atoms with Crippen LogP contribution in [0.15, 0.2) is 0 Å². The lowest BCUT2D eigenvalue weighted by atomic mass is 10.2. The summed E-state index contributed by atoms with van der Waals surface area (Å²) < 4.78 is 23.6. The van der Waals surface area contributed by atoms with Crippen LogP contribution >= 0.6 is 0 Å². The lowest BCUT2D eigenvalue weighted by molar-refractivity contribution is 0.211. The van der Waals surface area contributed by atoms with Gasteiger partial charge in [0.1, 0.15) is 0 Å². The Morgan fingerprint density at radius 1 is 0.406 bits per heavy atom. The Balaban J connectivity index is 3.23. The van der Waals surface area contributed by atoms with Gasteiger partial charge in [0, 0.05) is 0 Å². The molecule has 0 saturated heterocycles. The minimum Gasteiger partial charge on any atom is -0.501 e. The molecule has 0 aliphatic heterocycles. The highest BCUT2D eigenvalue weighted by atomic mass is 16.6. The van der Waals surface area contributed by atoms with Gasteiger partial charge in [-0.05, 0) is 25.7 Å². The first-order valence-corrected chi connectivity index (χ1v) is 12.7. The Labute approximate surface area is 195 Å². The zero-order valence-electron chi connectivity index (χ0n) is 20.8. The molecule has 1 aromatic rings. The van der Waals surface area contributed by atoms with Crippen LogP contribution < -0.4 is 18.9 Å². The highest BCUT2D eigenvalue weighted by Crippen LogP contribution is 2.57. The molecule has 6 heteroatoms. The largest absolute Gasteiger partial charge is 0.501 e. The van der Waals surface area contributed by atoms with E-state index in [1.807, 2.05) is 0 Å². The van der Waals surface area contributed by atoms with E-state index >= 15 is 0 Å². The predicted octanol–water partition coefficient (Wildman–Crippen LogP) is 7.37. The molecule has 0 radical (unpaired) electrons. The second-order valence-electron chi connectivity index (χ2n) is 8.24. The van der Waals surface area contributed by atoms with Gasteiger partial charge in [-0.25, -0.2) is 0 Å². The fourth-order valence-electron chi connectivity index (χ4n) is 3.28. The SMILES string of the molecule is CCCCCOc1c(O)c(OCCCCC)c(OCCCCC)c(O)c1OCCCCC. The van der Waals surface area contributed by atoms with Crippen molar-refractivity contribution in [3.8, 4) is 34.5 Å².